The Morgan fingerprint density at radius 3 is 2.92 bits per heavy atom. The van der Waals surface area contributed by atoms with Gasteiger partial charge < -0.3 is 14.0 Å². The van der Waals surface area contributed by atoms with Crippen molar-refractivity contribution in [2.45, 2.75) is 18.5 Å². The Morgan fingerprint density at radius 2 is 2.15 bits per heavy atom. The second-order valence-corrected chi connectivity index (χ2v) is 6.89. The smallest absolute Gasteiger partial charge is 0.200 e. The van der Waals surface area contributed by atoms with Gasteiger partial charge in [-0.2, -0.15) is 0 Å². The highest BCUT2D eigenvalue weighted by Crippen LogP contribution is 2.26. The van der Waals surface area contributed by atoms with E-state index in [-0.39, 0.29) is 5.78 Å². The molecule has 4 rings (SSSR count). The first-order chi connectivity index (χ1) is 12.7. The number of aromatic nitrogens is 4. The summed E-state index contributed by atoms with van der Waals surface area (Å²) in [7, 11) is 1.86. The summed E-state index contributed by atoms with van der Waals surface area (Å²) >= 11 is 1.37. The van der Waals surface area contributed by atoms with Crippen molar-refractivity contribution in [1.29, 1.82) is 0 Å². The number of furan rings is 1. The van der Waals surface area contributed by atoms with E-state index >= 15 is 0 Å². The zero-order chi connectivity index (χ0) is 18.1. The minimum atomic E-state index is 0.0667. The van der Waals surface area contributed by atoms with Crippen LogP contribution in [0.3, 0.4) is 0 Å². The second-order valence-electron chi connectivity index (χ2n) is 5.95. The molecule has 6 nitrogen and oxygen atoms in total. The summed E-state index contributed by atoms with van der Waals surface area (Å²) in [5.41, 5.74) is 2.98. The fraction of sp³-hybridized carbons (Fsp3) is 0.211. The Bertz CT molecular complexity index is 1060. The van der Waals surface area contributed by atoms with Gasteiger partial charge in [0, 0.05) is 29.7 Å². The van der Waals surface area contributed by atoms with E-state index in [0.29, 0.717) is 22.5 Å². The quantitative estimate of drug-likeness (QED) is 0.411. The third kappa shape index (κ3) is 2.84. The van der Waals surface area contributed by atoms with Crippen LogP contribution in [0.5, 0.6) is 0 Å². The second kappa shape index (κ2) is 6.84. The summed E-state index contributed by atoms with van der Waals surface area (Å²) in [5.74, 6) is 1.66. The van der Waals surface area contributed by atoms with Gasteiger partial charge in [0.15, 0.2) is 22.5 Å². The molecule has 0 unspecified atom stereocenters. The number of hydrogen-bond donors (Lipinski definition) is 1. The number of ketones is 1. The average molecular weight is 366 g/mol. The minimum Gasteiger partial charge on any atom is -0.461 e. The van der Waals surface area contributed by atoms with Gasteiger partial charge in [-0.3, -0.25) is 4.79 Å². The monoisotopic (exact) mass is 366 g/mol. The van der Waals surface area contributed by atoms with Crippen LogP contribution in [0.2, 0.25) is 0 Å². The number of aromatic amines is 1. The number of rotatable bonds is 6. The van der Waals surface area contributed by atoms with Gasteiger partial charge >= 0.3 is 0 Å². The van der Waals surface area contributed by atoms with Crippen molar-refractivity contribution < 1.29 is 9.21 Å². The molecule has 4 aromatic rings. The molecule has 0 amide bonds. The Kier molecular flexibility index (Phi) is 4.38. The normalized spacial score (nSPS) is 11.3. The Morgan fingerprint density at radius 1 is 1.27 bits per heavy atom. The number of nitrogens with zero attached hydrogens (tertiary/aromatic N) is 3. The number of fused-ring (bicyclic) bond motifs is 1. The van der Waals surface area contributed by atoms with Crippen LogP contribution in [0.4, 0.5) is 0 Å². The number of nitrogens with one attached hydrogen (secondary N) is 1. The Balaban J connectivity index is 1.53. The van der Waals surface area contributed by atoms with Crippen molar-refractivity contribution in [2.24, 2.45) is 7.05 Å². The number of H-pyrrole nitrogens is 1. The molecule has 0 radical (unpaired) electrons. The van der Waals surface area contributed by atoms with E-state index in [4.69, 9.17) is 4.42 Å². The summed E-state index contributed by atoms with van der Waals surface area (Å²) in [5, 5.41) is 9.98. The molecule has 0 aliphatic heterocycles. The zero-order valence-electron chi connectivity index (χ0n) is 14.5. The summed E-state index contributed by atoms with van der Waals surface area (Å²) in [4.78, 5) is 16.0. The first-order valence-corrected chi connectivity index (χ1v) is 9.35. The van der Waals surface area contributed by atoms with Gasteiger partial charge in [-0.1, -0.05) is 36.9 Å². The van der Waals surface area contributed by atoms with Gasteiger partial charge in [-0.25, -0.2) is 0 Å². The van der Waals surface area contributed by atoms with Crippen LogP contribution in [-0.4, -0.2) is 31.3 Å². The molecule has 3 aromatic heterocycles. The molecule has 0 spiro atoms. The van der Waals surface area contributed by atoms with E-state index < -0.39 is 0 Å². The van der Waals surface area contributed by atoms with E-state index in [1.54, 1.807) is 12.5 Å². The van der Waals surface area contributed by atoms with Crippen LogP contribution in [0.15, 0.2) is 52.4 Å². The molecular weight excluding hydrogens is 348 g/mol. The maximum Gasteiger partial charge on any atom is 0.200 e. The van der Waals surface area contributed by atoms with Crippen LogP contribution < -0.4 is 0 Å². The van der Waals surface area contributed by atoms with Crippen molar-refractivity contribution in [1.82, 2.24) is 19.7 Å². The average Bonchev–Trinajstić information content (AvgIpc) is 3.39. The highest BCUT2D eigenvalue weighted by molar-refractivity contribution is 7.99. The van der Waals surface area contributed by atoms with Crippen LogP contribution in [0.1, 0.15) is 22.8 Å². The van der Waals surface area contributed by atoms with Gasteiger partial charge in [0.1, 0.15) is 0 Å². The molecule has 1 N–H and O–H groups in total. The standard InChI is InChI=1S/C19H18N4O2S/c1-3-12-6-4-7-13-14(10-20-17(12)13)15(24)11-26-19-22-21-18(23(19)2)16-8-5-9-25-16/h4-10,20H,3,11H2,1-2H3. The predicted octanol–water partition coefficient (Wildman–Crippen LogP) is 4.09. The maximum atomic E-state index is 12.7. The van der Waals surface area contributed by atoms with Gasteiger partial charge in [0.05, 0.1) is 12.0 Å². The number of carbonyl (C=O) groups is 1. The van der Waals surface area contributed by atoms with Crippen molar-refractivity contribution in [3.63, 3.8) is 0 Å². The molecule has 3 heterocycles. The van der Waals surface area contributed by atoms with E-state index in [1.165, 1.54) is 17.3 Å². The Hall–Kier alpha value is -2.80. The van der Waals surface area contributed by atoms with E-state index in [2.05, 4.69) is 28.2 Å². The van der Waals surface area contributed by atoms with E-state index in [9.17, 15) is 4.79 Å². The summed E-state index contributed by atoms with van der Waals surface area (Å²) < 4.78 is 7.20. The lowest BCUT2D eigenvalue weighted by Crippen LogP contribution is -2.03. The van der Waals surface area contributed by atoms with Gasteiger partial charge in [-0.15, -0.1) is 10.2 Å². The number of aryl methyl sites for hydroxylation is 1. The van der Waals surface area contributed by atoms with Crippen LogP contribution in [0.25, 0.3) is 22.5 Å². The van der Waals surface area contributed by atoms with Gasteiger partial charge in [-0.05, 0) is 24.1 Å². The molecular formula is C19H18N4O2S. The third-order valence-electron chi connectivity index (χ3n) is 4.39. The Labute approximate surface area is 154 Å². The molecule has 0 atom stereocenters. The molecule has 0 fully saturated rings. The lowest BCUT2D eigenvalue weighted by molar-refractivity contribution is 0.102. The number of carbonyl (C=O) groups excluding carboxylic acids is 1. The molecule has 7 heteroatoms. The van der Waals surface area contributed by atoms with Crippen LogP contribution in [0, 0.1) is 0 Å². The summed E-state index contributed by atoms with van der Waals surface area (Å²) in [6.07, 6.45) is 4.33. The van der Waals surface area contributed by atoms with Crippen molar-refractivity contribution >= 4 is 28.4 Å². The van der Waals surface area contributed by atoms with E-state index in [0.717, 1.165) is 22.9 Å². The molecule has 1 aromatic carbocycles. The zero-order valence-corrected chi connectivity index (χ0v) is 15.3. The van der Waals surface area contributed by atoms with Crippen molar-refractivity contribution in [3.8, 4) is 11.6 Å². The summed E-state index contributed by atoms with van der Waals surface area (Å²) in [6.45, 7) is 2.11. The number of para-hydroxylation sites is 1. The summed E-state index contributed by atoms with van der Waals surface area (Å²) in [6, 6.07) is 9.71. The molecule has 26 heavy (non-hydrogen) atoms. The SMILES string of the molecule is CCc1cccc2c(C(=O)CSc3nnc(-c4ccco4)n3C)c[nH]c12. The topological polar surface area (TPSA) is 76.7 Å². The van der Waals surface area contributed by atoms with Crippen molar-refractivity contribution in [2.75, 3.05) is 5.75 Å². The number of hydrogen-bond acceptors (Lipinski definition) is 5. The first-order valence-electron chi connectivity index (χ1n) is 8.37. The number of thioether (sulfide) groups is 1. The van der Waals surface area contributed by atoms with Gasteiger partial charge in [0.25, 0.3) is 0 Å². The minimum absolute atomic E-state index is 0.0667. The largest absolute Gasteiger partial charge is 0.461 e. The number of benzene rings is 1. The molecule has 132 valence electrons. The van der Waals surface area contributed by atoms with Crippen LogP contribution in [-0.2, 0) is 13.5 Å². The number of Topliss-reactive ketones (excluding diaryl/α,β-unsaturated/α-hetero) is 1. The molecule has 0 saturated heterocycles. The first kappa shape index (κ1) is 16.7. The predicted molar refractivity (Wildman–Crippen MR) is 101 cm³/mol. The van der Waals surface area contributed by atoms with Gasteiger partial charge in [0.2, 0.25) is 0 Å². The fourth-order valence-corrected chi connectivity index (χ4v) is 3.81. The highest BCUT2D eigenvalue weighted by Gasteiger charge is 2.17. The molecule has 0 aliphatic rings. The van der Waals surface area contributed by atoms with Crippen molar-refractivity contribution in [3.05, 3.63) is 53.9 Å². The van der Waals surface area contributed by atoms with E-state index in [1.807, 2.05) is 35.9 Å². The lowest BCUT2D eigenvalue weighted by Gasteiger charge is -2.03. The fourth-order valence-electron chi connectivity index (χ4n) is 3.01. The molecule has 0 saturated carbocycles. The third-order valence-corrected chi connectivity index (χ3v) is 5.41. The molecule has 0 bridgehead atoms. The lowest BCUT2D eigenvalue weighted by atomic mass is 10.1. The highest BCUT2D eigenvalue weighted by atomic mass is 32.2. The van der Waals surface area contributed by atoms with Crippen LogP contribution >= 0.6 is 11.8 Å². The molecule has 0 aliphatic carbocycles. The maximum absolute atomic E-state index is 12.7.